The number of amides is 1. The SMILES string of the molecule is O=C(O)Nc1ccc(Br)cc1. The van der Waals surface area contributed by atoms with E-state index in [1.54, 1.807) is 24.3 Å². The lowest BCUT2D eigenvalue weighted by atomic mass is 10.3. The first kappa shape index (κ1) is 8.07. The maximum absolute atomic E-state index is 10.1. The second kappa shape index (κ2) is 3.39. The zero-order valence-electron chi connectivity index (χ0n) is 5.54. The third kappa shape index (κ3) is 2.59. The Kier molecular flexibility index (Phi) is 2.48. The zero-order chi connectivity index (χ0) is 8.27. The average Bonchev–Trinajstić information content (AvgIpc) is 1.93. The fraction of sp³-hybridized carbons (Fsp3) is 0. The van der Waals surface area contributed by atoms with Crippen LogP contribution in [0.5, 0.6) is 0 Å². The Bertz CT molecular complexity index is 258. The van der Waals surface area contributed by atoms with E-state index in [2.05, 4.69) is 21.2 Å². The maximum atomic E-state index is 10.1. The number of halogens is 1. The number of nitrogens with one attached hydrogen (secondary N) is 1. The molecule has 1 amide bonds. The van der Waals surface area contributed by atoms with Gasteiger partial charge in [-0.3, -0.25) is 5.32 Å². The molecule has 0 fully saturated rings. The molecule has 0 bridgehead atoms. The molecule has 1 rings (SSSR count). The summed E-state index contributed by atoms with van der Waals surface area (Å²) in [5.41, 5.74) is 0.570. The molecule has 0 spiro atoms. The van der Waals surface area contributed by atoms with E-state index in [0.717, 1.165) is 4.47 Å². The molecule has 0 aromatic heterocycles. The van der Waals surface area contributed by atoms with E-state index in [1.807, 2.05) is 0 Å². The van der Waals surface area contributed by atoms with Crippen molar-refractivity contribution in [3.8, 4) is 0 Å². The van der Waals surface area contributed by atoms with Gasteiger partial charge in [0.2, 0.25) is 0 Å². The number of hydrogen-bond donors (Lipinski definition) is 2. The van der Waals surface area contributed by atoms with Gasteiger partial charge in [-0.05, 0) is 24.3 Å². The Morgan fingerprint density at radius 3 is 2.36 bits per heavy atom. The van der Waals surface area contributed by atoms with Crippen molar-refractivity contribution in [3.63, 3.8) is 0 Å². The molecule has 1 aromatic rings. The summed E-state index contributed by atoms with van der Waals surface area (Å²) < 4.78 is 0.924. The van der Waals surface area contributed by atoms with Crippen molar-refractivity contribution < 1.29 is 9.90 Å². The van der Waals surface area contributed by atoms with Gasteiger partial charge in [0.15, 0.2) is 0 Å². The first-order valence-corrected chi connectivity index (χ1v) is 3.73. The third-order valence-corrected chi connectivity index (χ3v) is 1.62. The van der Waals surface area contributed by atoms with Crippen molar-refractivity contribution in [1.82, 2.24) is 0 Å². The lowest BCUT2D eigenvalue weighted by Gasteiger charge is -1.98. The zero-order valence-corrected chi connectivity index (χ0v) is 7.13. The van der Waals surface area contributed by atoms with E-state index in [4.69, 9.17) is 5.11 Å². The highest BCUT2D eigenvalue weighted by atomic mass is 79.9. The predicted octanol–water partition coefficient (Wildman–Crippen LogP) is 2.54. The van der Waals surface area contributed by atoms with Gasteiger partial charge in [0.05, 0.1) is 0 Å². The lowest BCUT2D eigenvalue weighted by molar-refractivity contribution is 0.210. The highest BCUT2D eigenvalue weighted by Gasteiger charge is 1.95. The summed E-state index contributed by atoms with van der Waals surface area (Å²) in [6.07, 6.45) is -1.05. The van der Waals surface area contributed by atoms with Crippen LogP contribution >= 0.6 is 15.9 Å². The Balaban J connectivity index is 2.74. The fourth-order valence-electron chi connectivity index (χ4n) is 0.657. The minimum Gasteiger partial charge on any atom is -0.465 e. The summed E-state index contributed by atoms with van der Waals surface area (Å²) in [4.78, 5) is 10.1. The van der Waals surface area contributed by atoms with Gasteiger partial charge in [-0.2, -0.15) is 0 Å². The van der Waals surface area contributed by atoms with Crippen LogP contribution in [0.25, 0.3) is 0 Å². The molecule has 0 aliphatic heterocycles. The van der Waals surface area contributed by atoms with Gasteiger partial charge in [0, 0.05) is 10.2 Å². The first-order chi connectivity index (χ1) is 5.18. The van der Waals surface area contributed by atoms with Gasteiger partial charge >= 0.3 is 6.09 Å². The second-order valence-corrected chi connectivity index (χ2v) is 2.85. The van der Waals surface area contributed by atoms with Crippen molar-refractivity contribution in [2.75, 3.05) is 5.32 Å². The molecule has 0 radical (unpaired) electrons. The Labute approximate surface area is 72.2 Å². The van der Waals surface area contributed by atoms with E-state index < -0.39 is 6.09 Å². The van der Waals surface area contributed by atoms with Crippen LogP contribution in [0, 0.1) is 0 Å². The quantitative estimate of drug-likeness (QED) is 0.757. The summed E-state index contributed by atoms with van der Waals surface area (Å²) in [7, 11) is 0. The first-order valence-electron chi connectivity index (χ1n) is 2.94. The van der Waals surface area contributed by atoms with Gasteiger partial charge in [0.25, 0.3) is 0 Å². The normalized spacial score (nSPS) is 9.18. The van der Waals surface area contributed by atoms with Crippen molar-refractivity contribution in [3.05, 3.63) is 28.7 Å². The summed E-state index contributed by atoms with van der Waals surface area (Å²) >= 11 is 3.24. The van der Waals surface area contributed by atoms with Gasteiger partial charge < -0.3 is 5.11 Å². The number of hydrogen-bond acceptors (Lipinski definition) is 1. The highest BCUT2D eigenvalue weighted by molar-refractivity contribution is 9.10. The van der Waals surface area contributed by atoms with Crippen LogP contribution < -0.4 is 5.32 Å². The molecule has 0 unspecified atom stereocenters. The van der Waals surface area contributed by atoms with E-state index >= 15 is 0 Å². The van der Waals surface area contributed by atoms with Crippen LogP contribution in [0.15, 0.2) is 28.7 Å². The highest BCUT2D eigenvalue weighted by Crippen LogP contribution is 2.13. The third-order valence-electron chi connectivity index (χ3n) is 1.10. The van der Waals surface area contributed by atoms with Gasteiger partial charge in [0.1, 0.15) is 0 Å². The summed E-state index contributed by atoms with van der Waals surface area (Å²) in [6.45, 7) is 0. The van der Waals surface area contributed by atoms with Crippen molar-refractivity contribution in [2.45, 2.75) is 0 Å². The Morgan fingerprint density at radius 1 is 1.36 bits per heavy atom. The number of carbonyl (C=O) groups is 1. The van der Waals surface area contributed by atoms with Crippen molar-refractivity contribution in [1.29, 1.82) is 0 Å². The molecular weight excluding hydrogens is 210 g/mol. The van der Waals surface area contributed by atoms with Crippen LogP contribution in [0.4, 0.5) is 10.5 Å². The molecular formula is C7H6BrNO2. The van der Waals surface area contributed by atoms with E-state index in [9.17, 15) is 4.79 Å². The Morgan fingerprint density at radius 2 is 1.91 bits per heavy atom. The number of carboxylic acid groups (broad SMARTS) is 1. The number of rotatable bonds is 1. The molecule has 3 nitrogen and oxygen atoms in total. The van der Waals surface area contributed by atoms with E-state index in [-0.39, 0.29) is 0 Å². The van der Waals surface area contributed by atoms with Gasteiger partial charge in [-0.1, -0.05) is 15.9 Å². The molecule has 58 valence electrons. The summed E-state index contributed by atoms with van der Waals surface area (Å²) in [5.74, 6) is 0. The molecule has 0 heterocycles. The van der Waals surface area contributed by atoms with Crippen LogP contribution in [0.3, 0.4) is 0 Å². The monoisotopic (exact) mass is 215 g/mol. The molecule has 0 saturated heterocycles. The summed E-state index contributed by atoms with van der Waals surface area (Å²) in [5, 5.41) is 10.5. The molecule has 0 aliphatic rings. The van der Waals surface area contributed by atoms with E-state index in [0.29, 0.717) is 5.69 Å². The molecule has 0 aliphatic carbocycles. The van der Waals surface area contributed by atoms with Crippen LogP contribution in [0.1, 0.15) is 0 Å². The minimum atomic E-state index is -1.05. The second-order valence-electron chi connectivity index (χ2n) is 1.94. The van der Waals surface area contributed by atoms with Crippen molar-refractivity contribution >= 4 is 27.7 Å². The van der Waals surface area contributed by atoms with Crippen LogP contribution in [-0.4, -0.2) is 11.2 Å². The molecule has 0 saturated carbocycles. The van der Waals surface area contributed by atoms with Gasteiger partial charge in [-0.15, -0.1) is 0 Å². The standard InChI is InChI=1S/C7H6BrNO2/c8-5-1-3-6(4-2-5)9-7(10)11/h1-4,9H,(H,10,11). The van der Waals surface area contributed by atoms with Gasteiger partial charge in [-0.25, -0.2) is 4.79 Å². The topological polar surface area (TPSA) is 49.3 Å². The van der Waals surface area contributed by atoms with Crippen molar-refractivity contribution in [2.24, 2.45) is 0 Å². The number of anilines is 1. The molecule has 1 aromatic carbocycles. The van der Waals surface area contributed by atoms with Crippen LogP contribution in [0.2, 0.25) is 0 Å². The smallest absolute Gasteiger partial charge is 0.409 e. The molecule has 11 heavy (non-hydrogen) atoms. The average molecular weight is 216 g/mol. The Hall–Kier alpha value is -1.03. The molecule has 4 heteroatoms. The molecule has 0 atom stereocenters. The van der Waals surface area contributed by atoms with Crippen LogP contribution in [-0.2, 0) is 0 Å². The fourth-order valence-corrected chi connectivity index (χ4v) is 0.921. The number of benzene rings is 1. The minimum absolute atomic E-state index is 0.570. The largest absolute Gasteiger partial charge is 0.465 e. The predicted molar refractivity (Wildman–Crippen MR) is 45.8 cm³/mol. The van der Waals surface area contributed by atoms with E-state index in [1.165, 1.54) is 0 Å². The summed E-state index contributed by atoms with van der Waals surface area (Å²) in [6, 6.07) is 6.90. The maximum Gasteiger partial charge on any atom is 0.409 e. The molecule has 2 N–H and O–H groups in total. The lowest BCUT2D eigenvalue weighted by Crippen LogP contribution is -2.06.